The molecule has 3 unspecified atom stereocenters. The summed E-state index contributed by atoms with van der Waals surface area (Å²) >= 11 is 0. The van der Waals surface area contributed by atoms with Crippen molar-refractivity contribution in [3.63, 3.8) is 0 Å². The lowest BCUT2D eigenvalue weighted by atomic mass is 10.1. The first kappa shape index (κ1) is 11.5. The Morgan fingerprint density at radius 3 is 2.79 bits per heavy atom. The fourth-order valence-electron chi connectivity index (χ4n) is 2.01. The van der Waals surface area contributed by atoms with Crippen LogP contribution in [0, 0.1) is 5.92 Å². The van der Waals surface area contributed by atoms with Crippen LogP contribution in [-0.2, 0) is 4.79 Å². The average molecular weight is 198 g/mol. The number of carbonyl (C=O) groups is 1. The van der Waals surface area contributed by atoms with Crippen molar-refractivity contribution < 1.29 is 4.79 Å². The highest BCUT2D eigenvalue weighted by Crippen LogP contribution is 2.24. The fourth-order valence-corrected chi connectivity index (χ4v) is 2.01. The molecule has 0 bridgehead atoms. The molecule has 0 radical (unpaired) electrons. The second-order valence-corrected chi connectivity index (χ2v) is 4.56. The summed E-state index contributed by atoms with van der Waals surface area (Å²) in [6.45, 7) is 4.25. The number of hydrogen-bond acceptors (Lipinski definition) is 2. The van der Waals surface area contributed by atoms with Crippen molar-refractivity contribution in [1.29, 1.82) is 0 Å². The molecule has 1 aliphatic carbocycles. The molecule has 3 atom stereocenters. The van der Waals surface area contributed by atoms with Gasteiger partial charge in [-0.2, -0.15) is 0 Å². The van der Waals surface area contributed by atoms with Gasteiger partial charge in [0.15, 0.2) is 0 Å². The molecular weight excluding hydrogens is 176 g/mol. The zero-order valence-corrected chi connectivity index (χ0v) is 9.25. The maximum Gasteiger partial charge on any atom is 0.221 e. The van der Waals surface area contributed by atoms with Crippen molar-refractivity contribution in [2.45, 2.75) is 58.0 Å². The molecule has 82 valence electrons. The molecular formula is C11H22N2O. The fraction of sp³-hybridized carbons (Fsp3) is 0.909. The van der Waals surface area contributed by atoms with Crippen molar-refractivity contribution in [2.75, 3.05) is 0 Å². The maximum atomic E-state index is 11.5. The Morgan fingerprint density at radius 1 is 1.57 bits per heavy atom. The van der Waals surface area contributed by atoms with E-state index in [4.69, 9.17) is 5.73 Å². The number of nitrogens with one attached hydrogen (secondary N) is 1. The van der Waals surface area contributed by atoms with Crippen LogP contribution in [0.1, 0.15) is 46.0 Å². The van der Waals surface area contributed by atoms with Gasteiger partial charge in [-0.3, -0.25) is 4.79 Å². The van der Waals surface area contributed by atoms with Crippen LogP contribution in [0.3, 0.4) is 0 Å². The summed E-state index contributed by atoms with van der Waals surface area (Å²) in [5.74, 6) is 0.888. The van der Waals surface area contributed by atoms with E-state index in [-0.39, 0.29) is 11.9 Å². The van der Waals surface area contributed by atoms with Gasteiger partial charge in [0.1, 0.15) is 0 Å². The van der Waals surface area contributed by atoms with Crippen molar-refractivity contribution in [2.24, 2.45) is 11.7 Å². The van der Waals surface area contributed by atoms with E-state index in [1.165, 1.54) is 6.42 Å². The second kappa shape index (κ2) is 5.35. The van der Waals surface area contributed by atoms with Gasteiger partial charge in [-0.05, 0) is 31.6 Å². The third kappa shape index (κ3) is 3.66. The Balaban J connectivity index is 2.20. The van der Waals surface area contributed by atoms with Gasteiger partial charge in [0.25, 0.3) is 0 Å². The van der Waals surface area contributed by atoms with Crippen molar-refractivity contribution in [3.05, 3.63) is 0 Å². The van der Waals surface area contributed by atoms with Crippen LogP contribution < -0.4 is 11.1 Å². The smallest absolute Gasteiger partial charge is 0.221 e. The Labute approximate surface area is 86.4 Å². The van der Waals surface area contributed by atoms with E-state index in [1.807, 2.05) is 6.92 Å². The molecule has 1 rings (SSSR count). The van der Waals surface area contributed by atoms with Crippen LogP contribution in [0.25, 0.3) is 0 Å². The molecule has 0 aromatic carbocycles. The molecule has 1 saturated carbocycles. The zero-order valence-electron chi connectivity index (χ0n) is 9.25. The molecule has 1 aliphatic rings. The van der Waals surface area contributed by atoms with E-state index in [9.17, 15) is 4.79 Å². The first-order valence-electron chi connectivity index (χ1n) is 5.66. The van der Waals surface area contributed by atoms with Gasteiger partial charge in [0.2, 0.25) is 5.91 Å². The summed E-state index contributed by atoms with van der Waals surface area (Å²) < 4.78 is 0. The zero-order chi connectivity index (χ0) is 10.6. The minimum absolute atomic E-state index is 0.0221. The minimum Gasteiger partial charge on any atom is -0.353 e. The Morgan fingerprint density at radius 2 is 2.29 bits per heavy atom. The van der Waals surface area contributed by atoms with Gasteiger partial charge in [-0.1, -0.05) is 13.8 Å². The van der Waals surface area contributed by atoms with E-state index in [2.05, 4.69) is 12.2 Å². The Hall–Kier alpha value is -0.570. The number of nitrogens with two attached hydrogens (primary N) is 1. The molecule has 0 aliphatic heterocycles. The van der Waals surface area contributed by atoms with E-state index in [0.717, 1.165) is 25.2 Å². The van der Waals surface area contributed by atoms with E-state index >= 15 is 0 Å². The van der Waals surface area contributed by atoms with E-state index in [0.29, 0.717) is 12.5 Å². The number of hydrogen-bond donors (Lipinski definition) is 2. The average Bonchev–Trinajstić information content (AvgIpc) is 2.50. The lowest BCUT2D eigenvalue weighted by Crippen LogP contribution is -2.36. The summed E-state index contributed by atoms with van der Waals surface area (Å²) in [6, 6.07) is 0.426. The third-order valence-corrected chi connectivity index (χ3v) is 3.03. The van der Waals surface area contributed by atoms with Crippen LogP contribution in [-0.4, -0.2) is 18.0 Å². The third-order valence-electron chi connectivity index (χ3n) is 3.03. The summed E-state index contributed by atoms with van der Waals surface area (Å²) in [5, 5.41) is 3.06. The highest BCUT2D eigenvalue weighted by molar-refractivity contribution is 5.76. The molecule has 1 fully saturated rings. The van der Waals surface area contributed by atoms with Crippen LogP contribution in [0.15, 0.2) is 0 Å². The molecule has 0 spiro atoms. The van der Waals surface area contributed by atoms with Gasteiger partial charge in [0, 0.05) is 18.5 Å². The van der Waals surface area contributed by atoms with Gasteiger partial charge in [-0.25, -0.2) is 0 Å². The van der Waals surface area contributed by atoms with E-state index < -0.39 is 0 Å². The van der Waals surface area contributed by atoms with Gasteiger partial charge < -0.3 is 11.1 Å². The monoisotopic (exact) mass is 198 g/mol. The van der Waals surface area contributed by atoms with Gasteiger partial charge in [-0.15, -0.1) is 0 Å². The first-order chi connectivity index (χ1) is 6.61. The number of amides is 1. The van der Waals surface area contributed by atoms with Gasteiger partial charge in [0.05, 0.1) is 0 Å². The lowest BCUT2D eigenvalue weighted by Gasteiger charge is -2.14. The molecule has 3 N–H and O–H groups in total. The molecule has 3 nitrogen and oxygen atoms in total. The van der Waals surface area contributed by atoms with Crippen LogP contribution in [0.4, 0.5) is 0 Å². The Kier molecular flexibility index (Phi) is 4.39. The van der Waals surface area contributed by atoms with Crippen molar-refractivity contribution >= 4 is 5.91 Å². The van der Waals surface area contributed by atoms with Crippen molar-refractivity contribution in [1.82, 2.24) is 5.32 Å². The maximum absolute atomic E-state index is 11.5. The largest absolute Gasteiger partial charge is 0.353 e. The molecule has 0 aromatic rings. The molecule has 0 aromatic heterocycles. The van der Waals surface area contributed by atoms with Crippen LogP contribution in [0.2, 0.25) is 0 Å². The lowest BCUT2D eigenvalue weighted by molar-refractivity contribution is -0.122. The summed E-state index contributed by atoms with van der Waals surface area (Å²) in [5.41, 5.74) is 5.71. The minimum atomic E-state index is 0.0221. The molecule has 14 heavy (non-hydrogen) atoms. The van der Waals surface area contributed by atoms with E-state index in [1.54, 1.807) is 0 Å². The number of carbonyl (C=O) groups excluding carboxylic acids is 1. The van der Waals surface area contributed by atoms with Crippen LogP contribution >= 0.6 is 0 Å². The molecule has 1 amide bonds. The number of rotatable bonds is 4. The van der Waals surface area contributed by atoms with Gasteiger partial charge >= 0.3 is 0 Å². The SMILES string of the molecule is CCC(N)CC(=O)NC1CCC(C)C1. The standard InChI is InChI=1S/C11H22N2O/c1-3-9(12)7-11(14)13-10-5-4-8(2)6-10/h8-10H,3-7,12H2,1-2H3,(H,13,14). The molecule has 0 saturated heterocycles. The molecule has 0 heterocycles. The highest BCUT2D eigenvalue weighted by Gasteiger charge is 2.22. The summed E-state index contributed by atoms with van der Waals surface area (Å²) in [6.07, 6.45) is 4.85. The topological polar surface area (TPSA) is 55.1 Å². The quantitative estimate of drug-likeness (QED) is 0.717. The Bertz CT molecular complexity index is 194. The predicted molar refractivity (Wildman–Crippen MR) is 57.8 cm³/mol. The highest BCUT2D eigenvalue weighted by atomic mass is 16.1. The second-order valence-electron chi connectivity index (χ2n) is 4.56. The first-order valence-corrected chi connectivity index (χ1v) is 5.66. The molecule has 3 heteroatoms. The van der Waals surface area contributed by atoms with Crippen molar-refractivity contribution in [3.8, 4) is 0 Å². The summed E-state index contributed by atoms with van der Waals surface area (Å²) in [4.78, 5) is 11.5. The van der Waals surface area contributed by atoms with Crippen LogP contribution in [0.5, 0.6) is 0 Å². The summed E-state index contributed by atoms with van der Waals surface area (Å²) in [7, 11) is 0. The normalized spacial score (nSPS) is 28.8. The predicted octanol–water partition coefficient (Wildman–Crippen LogP) is 1.42.